The minimum absolute atomic E-state index is 0.165. The highest BCUT2D eigenvalue weighted by Gasteiger charge is 2.15. The molecule has 0 spiro atoms. The highest BCUT2D eigenvalue weighted by molar-refractivity contribution is 7.13. The van der Waals surface area contributed by atoms with Crippen LogP contribution in [0.5, 0.6) is 5.88 Å². The van der Waals surface area contributed by atoms with Gasteiger partial charge < -0.3 is 10.1 Å². The minimum atomic E-state index is -0.400. The van der Waals surface area contributed by atoms with Crippen molar-refractivity contribution in [3.63, 3.8) is 0 Å². The molecule has 0 atom stereocenters. The maximum atomic E-state index is 14.1. The van der Waals surface area contributed by atoms with E-state index in [0.29, 0.717) is 34.4 Å². The summed E-state index contributed by atoms with van der Waals surface area (Å²) in [5, 5.41) is 13.0. The van der Waals surface area contributed by atoms with Crippen LogP contribution in [0.25, 0.3) is 21.8 Å². The van der Waals surface area contributed by atoms with Crippen LogP contribution in [0.2, 0.25) is 0 Å². The number of halogens is 1. The average molecular weight is 420 g/mol. The van der Waals surface area contributed by atoms with Gasteiger partial charge in [-0.15, -0.1) is 21.5 Å². The predicted molar refractivity (Wildman–Crippen MR) is 114 cm³/mol. The van der Waals surface area contributed by atoms with E-state index >= 15 is 0 Å². The van der Waals surface area contributed by atoms with E-state index in [1.807, 2.05) is 30.5 Å². The topological polar surface area (TPSA) is 77.0 Å². The first kappa shape index (κ1) is 19.7. The summed E-state index contributed by atoms with van der Waals surface area (Å²) >= 11 is 1.34. The van der Waals surface area contributed by atoms with E-state index in [9.17, 15) is 9.18 Å². The van der Waals surface area contributed by atoms with Crippen molar-refractivity contribution >= 4 is 22.9 Å². The Morgan fingerprint density at radius 3 is 2.53 bits per heavy atom. The molecule has 4 rings (SSSR count). The predicted octanol–water partition coefficient (Wildman–Crippen LogP) is 5.06. The summed E-state index contributed by atoms with van der Waals surface area (Å²) in [6, 6.07) is 16.9. The molecule has 1 N–H and O–H groups in total. The van der Waals surface area contributed by atoms with Crippen molar-refractivity contribution in [1.82, 2.24) is 15.2 Å². The number of para-hydroxylation sites is 1. The third-order valence-electron chi connectivity index (χ3n) is 4.22. The lowest BCUT2D eigenvalue weighted by molar-refractivity contribution is 0.102. The normalized spacial score (nSPS) is 10.6. The average Bonchev–Trinajstić information content (AvgIpc) is 3.25. The number of carbonyl (C=O) groups excluding carboxylic acids is 1. The summed E-state index contributed by atoms with van der Waals surface area (Å²) in [6.45, 7) is 2.31. The lowest BCUT2D eigenvalue weighted by Crippen LogP contribution is -2.15. The molecule has 0 aliphatic carbocycles. The summed E-state index contributed by atoms with van der Waals surface area (Å²) in [7, 11) is 0. The van der Waals surface area contributed by atoms with E-state index in [1.54, 1.807) is 36.4 Å². The van der Waals surface area contributed by atoms with Crippen molar-refractivity contribution in [3.8, 4) is 27.7 Å². The fraction of sp³-hybridized carbons (Fsp3) is 0.0909. The van der Waals surface area contributed by atoms with Gasteiger partial charge in [0.1, 0.15) is 10.8 Å². The molecular formula is C22H17FN4O2S. The highest BCUT2D eigenvalue weighted by Crippen LogP contribution is 2.33. The second-order valence-electron chi connectivity index (χ2n) is 6.21. The van der Waals surface area contributed by atoms with Gasteiger partial charge in [0.15, 0.2) is 5.69 Å². The zero-order chi connectivity index (χ0) is 20.9. The number of rotatable bonds is 6. The molecule has 1 amide bonds. The minimum Gasteiger partial charge on any atom is -0.477 e. The Morgan fingerprint density at radius 2 is 1.80 bits per heavy atom. The van der Waals surface area contributed by atoms with E-state index in [-0.39, 0.29) is 11.5 Å². The van der Waals surface area contributed by atoms with Crippen LogP contribution in [-0.4, -0.2) is 27.7 Å². The third kappa shape index (κ3) is 4.18. The number of anilines is 1. The third-order valence-corrected chi connectivity index (χ3v) is 5.10. The monoisotopic (exact) mass is 420 g/mol. The number of thiazole rings is 1. The van der Waals surface area contributed by atoms with Gasteiger partial charge >= 0.3 is 0 Å². The van der Waals surface area contributed by atoms with E-state index in [1.165, 1.54) is 17.4 Å². The number of carbonyl (C=O) groups is 1. The Kier molecular flexibility index (Phi) is 5.76. The van der Waals surface area contributed by atoms with Crippen molar-refractivity contribution < 1.29 is 13.9 Å². The molecule has 0 saturated carbocycles. The number of amides is 1. The fourth-order valence-electron chi connectivity index (χ4n) is 2.82. The standard InChI is InChI=1S/C22H17FN4O2S/c1-2-29-20-12-11-18(26-27-20)21(28)24-17-10-6-4-8-15(17)19-13-30-22(25-19)14-7-3-5-9-16(14)23/h3-13H,2H2,1H3,(H,24,28). The van der Waals surface area contributed by atoms with E-state index in [4.69, 9.17) is 4.74 Å². The first-order valence-electron chi connectivity index (χ1n) is 9.23. The van der Waals surface area contributed by atoms with Gasteiger partial charge in [-0.3, -0.25) is 4.79 Å². The van der Waals surface area contributed by atoms with E-state index in [0.717, 1.165) is 5.56 Å². The van der Waals surface area contributed by atoms with Crippen LogP contribution >= 0.6 is 11.3 Å². The van der Waals surface area contributed by atoms with Crippen LogP contribution in [0.3, 0.4) is 0 Å². The van der Waals surface area contributed by atoms with Gasteiger partial charge in [0.2, 0.25) is 5.88 Å². The van der Waals surface area contributed by atoms with Gasteiger partial charge in [0, 0.05) is 22.6 Å². The van der Waals surface area contributed by atoms with Crippen molar-refractivity contribution in [1.29, 1.82) is 0 Å². The van der Waals surface area contributed by atoms with Crippen molar-refractivity contribution in [3.05, 3.63) is 77.6 Å². The van der Waals surface area contributed by atoms with E-state index < -0.39 is 5.91 Å². The Labute approximate surface area is 176 Å². The zero-order valence-corrected chi connectivity index (χ0v) is 16.8. The van der Waals surface area contributed by atoms with Crippen LogP contribution in [0.1, 0.15) is 17.4 Å². The molecule has 0 bridgehead atoms. The van der Waals surface area contributed by atoms with Crippen LogP contribution in [-0.2, 0) is 0 Å². The molecule has 0 radical (unpaired) electrons. The highest BCUT2D eigenvalue weighted by atomic mass is 32.1. The largest absolute Gasteiger partial charge is 0.477 e. The smallest absolute Gasteiger partial charge is 0.276 e. The summed E-state index contributed by atoms with van der Waals surface area (Å²) in [6.07, 6.45) is 0. The number of nitrogens with one attached hydrogen (secondary N) is 1. The molecule has 2 aromatic carbocycles. The Balaban J connectivity index is 1.59. The maximum Gasteiger partial charge on any atom is 0.276 e. The number of hydrogen-bond acceptors (Lipinski definition) is 6. The first-order valence-corrected chi connectivity index (χ1v) is 10.1. The number of hydrogen-bond donors (Lipinski definition) is 1. The van der Waals surface area contributed by atoms with Crippen LogP contribution in [0.15, 0.2) is 66.0 Å². The van der Waals surface area contributed by atoms with Crippen molar-refractivity contribution in [2.24, 2.45) is 0 Å². The summed E-state index contributed by atoms with van der Waals surface area (Å²) in [5.41, 5.74) is 2.55. The van der Waals surface area contributed by atoms with Crippen molar-refractivity contribution in [2.45, 2.75) is 6.92 Å². The molecular weight excluding hydrogens is 403 g/mol. The molecule has 8 heteroatoms. The lowest BCUT2D eigenvalue weighted by atomic mass is 10.1. The fourth-order valence-corrected chi connectivity index (χ4v) is 3.67. The van der Waals surface area contributed by atoms with Gasteiger partial charge in [-0.1, -0.05) is 30.3 Å². The maximum absolute atomic E-state index is 14.1. The number of nitrogens with zero attached hydrogens (tertiary/aromatic N) is 3. The summed E-state index contributed by atoms with van der Waals surface area (Å²) in [4.78, 5) is 17.2. The van der Waals surface area contributed by atoms with Gasteiger partial charge in [0.25, 0.3) is 5.91 Å². The molecule has 2 aromatic heterocycles. The summed E-state index contributed by atoms with van der Waals surface area (Å²) in [5.74, 6) is -0.366. The van der Waals surface area contributed by atoms with Gasteiger partial charge in [-0.05, 0) is 31.2 Å². The van der Waals surface area contributed by atoms with Crippen molar-refractivity contribution in [2.75, 3.05) is 11.9 Å². The number of benzene rings is 2. The van der Waals surface area contributed by atoms with Crippen LogP contribution < -0.4 is 10.1 Å². The summed E-state index contributed by atoms with van der Waals surface area (Å²) < 4.78 is 19.3. The SMILES string of the molecule is CCOc1ccc(C(=O)Nc2ccccc2-c2csc(-c3ccccc3F)n2)nn1. The zero-order valence-electron chi connectivity index (χ0n) is 16.0. The first-order chi connectivity index (χ1) is 14.7. The second kappa shape index (κ2) is 8.79. The molecule has 0 saturated heterocycles. The Hall–Kier alpha value is -3.65. The van der Waals surface area contributed by atoms with E-state index in [2.05, 4.69) is 20.5 Å². The number of ether oxygens (including phenoxy) is 1. The Bertz CT molecular complexity index is 1180. The van der Waals surface area contributed by atoms with Gasteiger partial charge in [-0.2, -0.15) is 0 Å². The van der Waals surface area contributed by atoms with Gasteiger partial charge in [-0.25, -0.2) is 9.37 Å². The molecule has 0 aliphatic rings. The molecule has 150 valence electrons. The molecule has 0 unspecified atom stereocenters. The molecule has 2 heterocycles. The second-order valence-corrected chi connectivity index (χ2v) is 7.07. The quantitative estimate of drug-likeness (QED) is 0.472. The Morgan fingerprint density at radius 1 is 1.03 bits per heavy atom. The molecule has 4 aromatic rings. The molecule has 30 heavy (non-hydrogen) atoms. The van der Waals surface area contributed by atoms with Crippen LogP contribution in [0.4, 0.5) is 10.1 Å². The van der Waals surface area contributed by atoms with Gasteiger partial charge in [0.05, 0.1) is 18.0 Å². The van der Waals surface area contributed by atoms with Crippen LogP contribution in [0, 0.1) is 5.82 Å². The molecule has 6 nitrogen and oxygen atoms in total. The molecule has 0 aliphatic heterocycles. The lowest BCUT2D eigenvalue weighted by Gasteiger charge is -2.09. The molecule has 0 fully saturated rings. The number of aromatic nitrogens is 3.